The fourth-order valence-electron chi connectivity index (χ4n) is 2.60. The molecule has 1 amide bonds. The number of amides is 1. The van der Waals surface area contributed by atoms with Crippen molar-refractivity contribution >= 4 is 5.91 Å². The minimum Gasteiger partial charge on any atom is -0.346 e. The fourth-order valence-corrected chi connectivity index (χ4v) is 2.60. The Morgan fingerprint density at radius 1 is 0.917 bits per heavy atom. The predicted octanol–water partition coefficient (Wildman–Crippen LogP) is 3.52. The molecule has 0 radical (unpaired) electrons. The summed E-state index contributed by atoms with van der Waals surface area (Å²) in [5.41, 5.74) is 3.34. The zero-order valence-corrected chi connectivity index (χ0v) is 13.7. The first-order valence-electron chi connectivity index (χ1n) is 8.12. The second kappa shape index (κ2) is 7.55. The molecule has 24 heavy (non-hydrogen) atoms. The standard InChI is InChI=1S/C21H20N2O/c1-17(21(24)22-15-18-9-4-2-5-10-18)23-14-8-13-20(16-23)19-11-6-3-7-12-19/h2-14,16-17H,15H2,1H3/p+1/t17-/m0/s1. The molecule has 0 saturated heterocycles. The third kappa shape index (κ3) is 3.87. The Bertz CT molecular complexity index is 800. The Balaban J connectivity index is 1.70. The first-order valence-corrected chi connectivity index (χ1v) is 8.12. The summed E-state index contributed by atoms with van der Waals surface area (Å²) in [4.78, 5) is 12.4. The summed E-state index contributed by atoms with van der Waals surface area (Å²) in [6.45, 7) is 2.46. The smallest absolute Gasteiger partial charge is 0.289 e. The van der Waals surface area contributed by atoms with Gasteiger partial charge in [0.1, 0.15) is 0 Å². The molecule has 0 unspecified atom stereocenters. The number of pyridine rings is 1. The van der Waals surface area contributed by atoms with Crippen LogP contribution in [0.25, 0.3) is 11.1 Å². The molecule has 0 spiro atoms. The largest absolute Gasteiger partial charge is 0.346 e. The summed E-state index contributed by atoms with van der Waals surface area (Å²) in [5.74, 6) is 0.00839. The van der Waals surface area contributed by atoms with E-state index in [0.29, 0.717) is 6.54 Å². The lowest BCUT2D eigenvalue weighted by Crippen LogP contribution is -2.46. The quantitative estimate of drug-likeness (QED) is 0.718. The van der Waals surface area contributed by atoms with E-state index in [1.807, 2.05) is 78.5 Å². The minimum absolute atomic E-state index is 0.00839. The van der Waals surface area contributed by atoms with Crippen molar-refractivity contribution in [3.05, 3.63) is 90.8 Å². The van der Waals surface area contributed by atoms with E-state index in [9.17, 15) is 4.79 Å². The number of carbonyl (C=O) groups is 1. The van der Waals surface area contributed by atoms with E-state index in [0.717, 1.165) is 16.7 Å². The van der Waals surface area contributed by atoms with Gasteiger partial charge in [-0.05, 0) is 17.2 Å². The topological polar surface area (TPSA) is 33.0 Å². The Morgan fingerprint density at radius 3 is 2.25 bits per heavy atom. The average Bonchev–Trinajstić information content (AvgIpc) is 2.67. The van der Waals surface area contributed by atoms with E-state index in [4.69, 9.17) is 0 Å². The van der Waals surface area contributed by atoms with E-state index in [-0.39, 0.29) is 11.9 Å². The molecular weight excluding hydrogens is 296 g/mol. The van der Waals surface area contributed by atoms with Gasteiger partial charge < -0.3 is 5.32 Å². The monoisotopic (exact) mass is 317 g/mol. The number of aromatic nitrogens is 1. The zero-order valence-electron chi connectivity index (χ0n) is 13.7. The highest BCUT2D eigenvalue weighted by molar-refractivity contribution is 5.78. The summed E-state index contributed by atoms with van der Waals surface area (Å²) < 4.78 is 1.95. The summed E-state index contributed by atoms with van der Waals surface area (Å²) in [6, 6.07) is 23.9. The Morgan fingerprint density at radius 2 is 1.54 bits per heavy atom. The molecule has 0 fully saturated rings. The van der Waals surface area contributed by atoms with Crippen molar-refractivity contribution in [1.82, 2.24) is 5.32 Å². The van der Waals surface area contributed by atoms with Crippen molar-refractivity contribution in [3.8, 4) is 11.1 Å². The maximum atomic E-state index is 12.4. The molecule has 3 heteroatoms. The van der Waals surface area contributed by atoms with Crippen molar-refractivity contribution in [1.29, 1.82) is 0 Å². The van der Waals surface area contributed by atoms with E-state index in [1.165, 1.54) is 0 Å². The normalized spacial score (nSPS) is 11.7. The number of rotatable bonds is 5. The molecule has 3 nitrogen and oxygen atoms in total. The maximum absolute atomic E-state index is 12.4. The van der Waals surface area contributed by atoms with Gasteiger partial charge in [-0.2, -0.15) is 4.57 Å². The van der Waals surface area contributed by atoms with Gasteiger partial charge in [-0.3, -0.25) is 4.79 Å². The lowest BCUT2D eigenvalue weighted by Gasteiger charge is -2.10. The van der Waals surface area contributed by atoms with Crippen molar-refractivity contribution in [2.45, 2.75) is 19.5 Å². The average molecular weight is 317 g/mol. The number of hydrogen-bond donors (Lipinski definition) is 1. The fraction of sp³-hybridized carbons (Fsp3) is 0.143. The van der Waals surface area contributed by atoms with Crippen LogP contribution < -0.4 is 9.88 Å². The molecule has 0 bridgehead atoms. The van der Waals surface area contributed by atoms with E-state index in [1.54, 1.807) is 0 Å². The van der Waals surface area contributed by atoms with Crippen LogP contribution in [0.3, 0.4) is 0 Å². The maximum Gasteiger partial charge on any atom is 0.289 e. The summed E-state index contributed by atoms with van der Waals surface area (Å²) in [6.07, 6.45) is 3.95. The van der Waals surface area contributed by atoms with E-state index < -0.39 is 0 Å². The van der Waals surface area contributed by atoms with Crippen molar-refractivity contribution in [3.63, 3.8) is 0 Å². The van der Waals surface area contributed by atoms with Crippen LogP contribution in [-0.4, -0.2) is 5.91 Å². The lowest BCUT2D eigenvalue weighted by atomic mass is 10.1. The van der Waals surface area contributed by atoms with Crippen LogP contribution in [0, 0.1) is 0 Å². The van der Waals surface area contributed by atoms with Crippen LogP contribution in [0.15, 0.2) is 85.2 Å². The Labute approximate surface area is 142 Å². The molecule has 1 heterocycles. The molecule has 1 N–H and O–H groups in total. The van der Waals surface area contributed by atoms with Crippen LogP contribution in [0.2, 0.25) is 0 Å². The van der Waals surface area contributed by atoms with E-state index >= 15 is 0 Å². The number of nitrogens with zero attached hydrogens (tertiary/aromatic N) is 1. The number of benzene rings is 2. The van der Waals surface area contributed by atoms with Crippen LogP contribution in [0.5, 0.6) is 0 Å². The van der Waals surface area contributed by atoms with Gasteiger partial charge in [-0.15, -0.1) is 0 Å². The van der Waals surface area contributed by atoms with Crippen LogP contribution >= 0.6 is 0 Å². The molecule has 0 aliphatic carbocycles. The highest BCUT2D eigenvalue weighted by Crippen LogP contribution is 2.16. The lowest BCUT2D eigenvalue weighted by molar-refractivity contribution is -0.705. The molecule has 0 aliphatic rings. The molecule has 3 rings (SSSR count). The van der Waals surface area contributed by atoms with Gasteiger partial charge in [0.2, 0.25) is 6.04 Å². The minimum atomic E-state index is -0.266. The summed E-state index contributed by atoms with van der Waals surface area (Å²) >= 11 is 0. The summed E-state index contributed by atoms with van der Waals surface area (Å²) in [7, 11) is 0. The van der Waals surface area contributed by atoms with Gasteiger partial charge in [-0.25, -0.2) is 0 Å². The third-order valence-electron chi connectivity index (χ3n) is 4.07. The highest BCUT2D eigenvalue weighted by Gasteiger charge is 2.21. The van der Waals surface area contributed by atoms with Crippen LogP contribution in [0.1, 0.15) is 18.5 Å². The molecule has 0 saturated carbocycles. The van der Waals surface area contributed by atoms with Crippen LogP contribution in [0.4, 0.5) is 0 Å². The number of carbonyl (C=O) groups excluding carboxylic acids is 1. The molecule has 120 valence electrons. The summed E-state index contributed by atoms with van der Waals surface area (Å²) in [5, 5.41) is 3.00. The van der Waals surface area contributed by atoms with Crippen LogP contribution in [-0.2, 0) is 11.3 Å². The molecular formula is C21H21N2O+. The van der Waals surface area contributed by atoms with Gasteiger partial charge >= 0.3 is 0 Å². The van der Waals surface area contributed by atoms with E-state index in [2.05, 4.69) is 23.5 Å². The molecule has 0 aliphatic heterocycles. The van der Waals surface area contributed by atoms with Gasteiger partial charge in [0.05, 0.1) is 0 Å². The van der Waals surface area contributed by atoms with Gasteiger partial charge in [0, 0.05) is 25.1 Å². The molecule has 1 aromatic heterocycles. The second-order valence-corrected chi connectivity index (χ2v) is 5.79. The second-order valence-electron chi connectivity index (χ2n) is 5.79. The number of hydrogen-bond acceptors (Lipinski definition) is 1. The van der Waals surface area contributed by atoms with Gasteiger partial charge in [0.25, 0.3) is 5.91 Å². The SMILES string of the molecule is C[C@@H](C(=O)NCc1ccccc1)[n+]1cccc(-c2ccccc2)c1. The Kier molecular flexibility index (Phi) is 5.02. The highest BCUT2D eigenvalue weighted by atomic mass is 16.2. The molecule has 1 atom stereocenters. The molecule has 3 aromatic rings. The van der Waals surface area contributed by atoms with Gasteiger partial charge in [0.15, 0.2) is 12.4 Å². The number of nitrogens with one attached hydrogen (secondary N) is 1. The van der Waals surface area contributed by atoms with Gasteiger partial charge in [-0.1, -0.05) is 60.7 Å². The third-order valence-corrected chi connectivity index (χ3v) is 4.07. The van der Waals surface area contributed by atoms with Crippen molar-refractivity contribution in [2.24, 2.45) is 0 Å². The Hall–Kier alpha value is -2.94. The molecule has 2 aromatic carbocycles. The first-order chi connectivity index (χ1) is 11.7. The predicted molar refractivity (Wildman–Crippen MR) is 95.1 cm³/mol. The first kappa shape index (κ1) is 15.9. The zero-order chi connectivity index (χ0) is 16.8. The van der Waals surface area contributed by atoms with Crippen molar-refractivity contribution in [2.75, 3.05) is 0 Å². The van der Waals surface area contributed by atoms with Crippen molar-refractivity contribution < 1.29 is 9.36 Å².